The van der Waals surface area contributed by atoms with E-state index < -0.39 is 11.9 Å². The molecule has 0 aliphatic heterocycles. The van der Waals surface area contributed by atoms with Gasteiger partial charge >= 0.3 is 6.09 Å². The van der Waals surface area contributed by atoms with Crippen molar-refractivity contribution in [3.63, 3.8) is 0 Å². The second kappa shape index (κ2) is 5.97. The van der Waals surface area contributed by atoms with Crippen LogP contribution in [-0.2, 0) is 6.42 Å². The quantitative estimate of drug-likeness (QED) is 0.840. The van der Waals surface area contributed by atoms with Gasteiger partial charge in [-0.25, -0.2) is 9.18 Å². The van der Waals surface area contributed by atoms with E-state index in [1.54, 1.807) is 30.3 Å². The van der Waals surface area contributed by atoms with Crippen LogP contribution in [0.2, 0.25) is 0 Å². The van der Waals surface area contributed by atoms with Crippen molar-refractivity contribution < 1.29 is 19.1 Å². The Morgan fingerprint density at radius 3 is 2.35 bits per heavy atom. The largest absolute Gasteiger partial charge is 0.465 e. The summed E-state index contributed by atoms with van der Waals surface area (Å²) < 4.78 is 13.5. The van der Waals surface area contributed by atoms with Crippen LogP contribution >= 0.6 is 0 Å². The van der Waals surface area contributed by atoms with E-state index in [2.05, 4.69) is 5.32 Å². The Hall–Kier alpha value is -2.69. The van der Waals surface area contributed by atoms with Gasteiger partial charge in [0.2, 0.25) is 0 Å². The number of hydrogen-bond acceptors (Lipinski definition) is 2. The molecule has 4 nitrogen and oxygen atoms in total. The molecule has 0 aliphatic rings. The van der Waals surface area contributed by atoms with Crippen molar-refractivity contribution in [3.05, 3.63) is 65.0 Å². The van der Waals surface area contributed by atoms with Crippen LogP contribution in [0.1, 0.15) is 21.5 Å². The molecule has 0 aliphatic carbocycles. The summed E-state index contributed by atoms with van der Waals surface area (Å²) in [6.07, 6.45) is -0.140. The molecule has 2 aromatic rings. The highest BCUT2D eigenvalue weighted by Gasteiger charge is 2.04. The second-order valence-electron chi connectivity index (χ2n) is 4.28. The number of carbonyl (C=O) groups is 2. The summed E-state index contributed by atoms with van der Waals surface area (Å²) in [6.45, 7) is 0. The number of benzene rings is 2. The van der Waals surface area contributed by atoms with Crippen LogP contribution in [0.5, 0.6) is 0 Å². The summed E-state index contributed by atoms with van der Waals surface area (Å²) in [5, 5.41) is 10.8. The summed E-state index contributed by atoms with van der Waals surface area (Å²) in [6, 6.07) is 11.3. The lowest BCUT2D eigenvalue weighted by atomic mass is 10.0. The number of rotatable bonds is 4. The fourth-order valence-electron chi connectivity index (χ4n) is 1.84. The Balaban J connectivity index is 2.11. The van der Waals surface area contributed by atoms with Gasteiger partial charge in [-0.1, -0.05) is 18.2 Å². The minimum absolute atomic E-state index is 0.0368. The minimum Gasteiger partial charge on any atom is -0.465 e. The molecule has 0 saturated heterocycles. The first-order valence-electron chi connectivity index (χ1n) is 5.91. The van der Waals surface area contributed by atoms with E-state index in [0.29, 0.717) is 18.4 Å². The van der Waals surface area contributed by atoms with Crippen LogP contribution in [0.4, 0.5) is 14.9 Å². The predicted molar refractivity (Wildman–Crippen MR) is 72.7 cm³/mol. The second-order valence-corrected chi connectivity index (χ2v) is 4.28. The summed E-state index contributed by atoms with van der Waals surface area (Å²) in [7, 11) is 0. The topological polar surface area (TPSA) is 66.4 Å². The van der Waals surface area contributed by atoms with Crippen LogP contribution in [-0.4, -0.2) is 17.5 Å². The number of nitrogens with one attached hydrogen (secondary N) is 1. The van der Waals surface area contributed by atoms with Crippen LogP contribution < -0.4 is 5.32 Å². The van der Waals surface area contributed by atoms with Gasteiger partial charge in [0, 0.05) is 5.69 Å². The molecule has 2 N–H and O–H groups in total. The van der Waals surface area contributed by atoms with Gasteiger partial charge in [0.05, 0.1) is 5.56 Å². The maximum atomic E-state index is 13.5. The number of carbonyl (C=O) groups excluding carboxylic acids is 1. The molecule has 1 amide bonds. The van der Waals surface area contributed by atoms with E-state index in [4.69, 9.17) is 5.11 Å². The van der Waals surface area contributed by atoms with Crippen molar-refractivity contribution in [3.8, 4) is 0 Å². The lowest BCUT2D eigenvalue weighted by molar-refractivity contribution is 0.111. The van der Waals surface area contributed by atoms with Crippen LogP contribution in [0.25, 0.3) is 0 Å². The third-order valence-electron chi connectivity index (χ3n) is 2.81. The Morgan fingerprint density at radius 1 is 1.15 bits per heavy atom. The molecule has 102 valence electrons. The third-order valence-corrected chi connectivity index (χ3v) is 2.81. The maximum absolute atomic E-state index is 13.5. The number of carboxylic acid groups (broad SMARTS) is 1. The highest BCUT2D eigenvalue weighted by Crippen LogP contribution is 2.15. The molecule has 0 radical (unpaired) electrons. The molecule has 0 fully saturated rings. The third kappa shape index (κ3) is 3.41. The average Bonchev–Trinajstić information content (AvgIpc) is 2.41. The molecule has 2 aromatic carbocycles. The number of hydrogen-bond donors (Lipinski definition) is 2. The number of anilines is 1. The Kier molecular flexibility index (Phi) is 4.10. The van der Waals surface area contributed by atoms with Crippen molar-refractivity contribution >= 4 is 18.1 Å². The highest BCUT2D eigenvalue weighted by molar-refractivity contribution is 5.82. The Bertz CT molecular complexity index is 638. The van der Waals surface area contributed by atoms with E-state index in [-0.39, 0.29) is 5.56 Å². The van der Waals surface area contributed by atoms with Gasteiger partial charge in [-0.3, -0.25) is 10.1 Å². The van der Waals surface area contributed by atoms with Crippen molar-refractivity contribution in [1.29, 1.82) is 0 Å². The standard InChI is InChI=1S/C15H12FNO3/c16-14-8-11(1-4-12(14)9-18)7-10-2-5-13(6-3-10)17-15(19)20/h1-6,8-9,17H,7H2,(H,19,20). The normalized spacial score (nSPS) is 10.1. The van der Waals surface area contributed by atoms with E-state index in [9.17, 15) is 14.0 Å². The van der Waals surface area contributed by atoms with Crippen LogP contribution in [0.15, 0.2) is 42.5 Å². The van der Waals surface area contributed by atoms with Crippen molar-refractivity contribution in [2.45, 2.75) is 6.42 Å². The van der Waals surface area contributed by atoms with Gasteiger partial charge < -0.3 is 5.11 Å². The molecule has 0 aromatic heterocycles. The maximum Gasteiger partial charge on any atom is 0.409 e. The molecule has 5 heteroatoms. The molecule has 0 spiro atoms. The van der Waals surface area contributed by atoms with Gasteiger partial charge in [-0.2, -0.15) is 0 Å². The van der Waals surface area contributed by atoms with Gasteiger partial charge in [-0.05, 0) is 41.8 Å². The summed E-state index contributed by atoms with van der Waals surface area (Å²) in [4.78, 5) is 21.0. The molecule has 2 rings (SSSR count). The number of amides is 1. The molecule has 0 bridgehead atoms. The zero-order valence-corrected chi connectivity index (χ0v) is 10.5. The highest BCUT2D eigenvalue weighted by atomic mass is 19.1. The first-order valence-corrected chi connectivity index (χ1v) is 5.91. The lowest BCUT2D eigenvalue weighted by Gasteiger charge is -2.05. The van der Waals surface area contributed by atoms with Gasteiger partial charge in [0.1, 0.15) is 5.82 Å². The Labute approximate surface area is 114 Å². The van der Waals surface area contributed by atoms with E-state index in [1.807, 2.05) is 0 Å². The van der Waals surface area contributed by atoms with Gasteiger partial charge in [0.15, 0.2) is 6.29 Å². The van der Waals surface area contributed by atoms with Crippen molar-refractivity contribution in [2.75, 3.05) is 5.32 Å². The molecular formula is C15H12FNO3. The summed E-state index contributed by atoms with van der Waals surface area (Å²) in [5.74, 6) is -0.540. The fourth-order valence-corrected chi connectivity index (χ4v) is 1.84. The zero-order valence-electron chi connectivity index (χ0n) is 10.5. The zero-order chi connectivity index (χ0) is 14.5. The van der Waals surface area contributed by atoms with E-state index in [0.717, 1.165) is 11.1 Å². The predicted octanol–water partition coefficient (Wildman–Crippen LogP) is 3.32. The molecular weight excluding hydrogens is 261 g/mol. The lowest BCUT2D eigenvalue weighted by Crippen LogP contribution is -2.06. The number of aldehydes is 1. The monoisotopic (exact) mass is 273 g/mol. The fraction of sp³-hybridized carbons (Fsp3) is 0.0667. The van der Waals surface area contributed by atoms with E-state index in [1.165, 1.54) is 12.1 Å². The molecule has 0 unspecified atom stereocenters. The average molecular weight is 273 g/mol. The van der Waals surface area contributed by atoms with Crippen LogP contribution in [0, 0.1) is 5.82 Å². The summed E-state index contributed by atoms with van der Waals surface area (Å²) >= 11 is 0. The molecule has 0 atom stereocenters. The SMILES string of the molecule is O=Cc1ccc(Cc2ccc(NC(=O)O)cc2)cc1F. The van der Waals surface area contributed by atoms with Crippen LogP contribution in [0.3, 0.4) is 0 Å². The molecule has 20 heavy (non-hydrogen) atoms. The van der Waals surface area contributed by atoms with E-state index >= 15 is 0 Å². The van der Waals surface area contributed by atoms with Crippen molar-refractivity contribution in [2.24, 2.45) is 0 Å². The molecule has 0 heterocycles. The smallest absolute Gasteiger partial charge is 0.409 e. The summed E-state index contributed by atoms with van der Waals surface area (Å²) in [5.41, 5.74) is 2.17. The number of halogens is 1. The first-order chi connectivity index (χ1) is 9.58. The first kappa shape index (κ1) is 13.7. The van der Waals surface area contributed by atoms with Crippen molar-refractivity contribution in [1.82, 2.24) is 0 Å². The van der Waals surface area contributed by atoms with Gasteiger partial charge in [-0.15, -0.1) is 0 Å². The van der Waals surface area contributed by atoms with Gasteiger partial charge in [0.25, 0.3) is 0 Å². The Morgan fingerprint density at radius 2 is 1.80 bits per heavy atom. The molecule has 0 saturated carbocycles. The minimum atomic E-state index is -1.12.